The molecule has 1 aliphatic carbocycles. The Morgan fingerprint density at radius 3 is 2.57 bits per heavy atom. The molecule has 1 spiro atoms. The number of hydrogen-bond donors (Lipinski definition) is 1. The molecule has 0 radical (unpaired) electrons. The highest BCUT2D eigenvalue weighted by atomic mass is 16.6. The molecule has 37 heavy (non-hydrogen) atoms. The normalized spacial score (nSPS) is 34.9. The van der Waals surface area contributed by atoms with Crippen molar-refractivity contribution in [2.24, 2.45) is 17.8 Å². The van der Waals surface area contributed by atoms with Crippen LogP contribution in [0.1, 0.15) is 71.6 Å². The summed E-state index contributed by atoms with van der Waals surface area (Å²) in [5.74, 6) is -2.30. The van der Waals surface area contributed by atoms with Crippen molar-refractivity contribution in [2.45, 2.75) is 94.9 Å². The van der Waals surface area contributed by atoms with Gasteiger partial charge in [-0.3, -0.25) is 14.4 Å². The quantitative estimate of drug-likeness (QED) is 0.243. The average molecular weight is 517 g/mol. The highest BCUT2D eigenvalue weighted by Crippen LogP contribution is 2.65. The molecule has 3 heterocycles. The standard InChI is InChI=1S/C29H44N2O6/c1-5-15-30(21-13-9-7-10-14-21)26(34)24-29-19-20(3)28(4,37-29)23(27(35)36-18-6-2)22(29)25(33)31(24)16-11-8-12-17-32/h5-6,20-24,32H,1-2,7-19H2,3-4H3/t20?,22-,23-,24?,28+,29?/m0/s1. The molecule has 0 aromatic rings. The smallest absolute Gasteiger partial charge is 0.313 e. The van der Waals surface area contributed by atoms with Gasteiger partial charge in [0.15, 0.2) is 0 Å². The number of esters is 1. The van der Waals surface area contributed by atoms with Crippen molar-refractivity contribution in [1.29, 1.82) is 0 Å². The molecular weight excluding hydrogens is 472 g/mol. The fourth-order valence-electron chi connectivity index (χ4n) is 7.53. The number of unbranched alkanes of at least 4 members (excludes halogenated alkanes) is 2. The van der Waals surface area contributed by atoms with Gasteiger partial charge in [-0.25, -0.2) is 0 Å². The third-order valence-electron chi connectivity index (χ3n) is 9.33. The van der Waals surface area contributed by atoms with Gasteiger partial charge in [0.05, 0.1) is 11.5 Å². The molecule has 0 aromatic carbocycles. The molecule has 4 fully saturated rings. The second kappa shape index (κ2) is 11.3. The van der Waals surface area contributed by atoms with Crippen molar-refractivity contribution in [3.05, 3.63) is 25.3 Å². The summed E-state index contributed by atoms with van der Waals surface area (Å²) in [6, 6.07) is -0.677. The van der Waals surface area contributed by atoms with Crippen molar-refractivity contribution in [2.75, 3.05) is 26.3 Å². The number of aliphatic hydroxyl groups excluding tert-OH is 1. The predicted molar refractivity (Wildman–Crippen MR) is 139 cm³/mol. The fraction of sp³-hybridized carbons (Fsp3) is 0.759. The third kappa shape index (κ3) is 4.65. The predicted octanol–water partition coefficient (Wildman–Crippen LogP) is 3.24. The Hall–Kier alpha value is -2.19. The largest absolute Gasteiger partial charge is 0.461 e. The zero-order valence-corrected chi connectivity index (χ0v) is 22.5. The Morgan fingerprint density at radius 1 is 1.19 bits per heavy atom. The number of aliphatic hydroxyl groups is 1. The van der Waals surface area contributed by atoms with E-state index in [1.165, 1.54) is 12.5 Å². The number of nitrogens with zero attached hydrogens (tertiary/aromatic N) is 2. The monoisotopic (exact) mass is 516 g/mol. The summed E-state index contributed by atoms with van der Waals surface area (Å²) in [4.78, 5) is 45.6. The van der Waals surface area contributed by atoms with Gasteiger partial charge in [0.25, 0.3) is 0 Å². The zero-order chi connectivity index (χ0) is 26.8. The van der Waals surface area contributed by atoms with Crippen LogP contribution in [-0.2, 0) is 23.9 Å². The number of ether oxygens (including phenoxy) is 2. The van der Waals surface area contributed by atoms with Crippen LogP contribution in [0.5, 0.6) is 0 Å². The van der Waals surface area contributed by atoms with E-state index < -0.39 is 35.0 Å². The molecule has 6 atom stereocenters. The molecule has 8 nitrogen and oxygen atoms in total. The number of fused-ring (bicyclic) bond motifs is 1. The number of rotatable bonds is 12. The van der Waals surface area contributed by atoms with Crippen LogP contribution in [0.25, 0.3) is 0 Å². The van der Waals surface area contributed by atoms with Crippen molar-refractivity contribution >= 4 is 17.8 Å². The lowest BCUT2D eigenvalue weighted by molar-refractivity contribution is -0.161. The van der Waals surface area contributed by atoms with Crippen LogP contribution in [0.2, 0.25) is 0 Å². The highest BCUT2D eigenvalue weighted by molar-refractivity contribution is 5.98. The van der Waals surface area contributed by atoms with E-state index in [0.717, 1.165) is 32.1 Å². The van der Waals surface area contributed by atoms with Crippen LogP contribution >= 0.6 is 0 Å². The van der Waals surface area contributed by atoms with Crippen LogP contribution < -0.4 is 0 Å². The molecule has 2 bridgehead atoms. The summed E-state index contributed by atoms with van der Waals surface area (Å²) in [5, 5.41) is 9.24. The summed E-state index contributed by atoms with van der Waals surface area (Å²) >= 11 is 0. The lowest BCUT2D eigenvalue weighted by Crippen LogP contribution is -2.58. The van der Waals surface area contributed by atoms with E-state index in [1.54, 1.807) is 11.0 Å². The van der Waals surface area contributed by atoms with Gasteiger partial charge in [-0.05, 0) is 51.4 Å². The molecule has 3 unspecified atom stereocenters. The Morgan fingerprint density at radius 2 is 1.92 bits per heavy atom. The summed E-state index contributed by atoms with van der Waals surface area (Å²) < 4.78 is 12.2. The fourth-order valence-corrected chi connectivity index (χ4v) is 7.53. The topological polar surface area (TPSA) is 96.4 Å². The second-order valence-electron chi connectivity index (χ2n) is 11.5. The summed E-state index contributed by atoms with van der Waals surface area (Å²) in [7, 11) is 0. The zero-order valence-electron chi connectivity index (χ0n) is 22.5. The van der Waals surface area contributed by atoms with Crippen LogP contribution in [0.15, 0.2) is 25.3 Å². The first-order valence-electron chi connectivity index (χ1n) is 14.1. The van der Waals surface area contributed by atoms with E-state index in [0.29, 0.717) is 32.4 Å². The minimum Gasteiger partial charge on any atom is -0.461 e. The summed E-state index contributed by atoms with van der Waals surface area (Å²) in [6.07, 6.45) is 11.1. The maximum atomic E-state index is 14.5. The van der Waals surface area contributed by atoms with E-state index in [1.807, 2.05) is 18.7 Å². The van der Waals surface area contributed by atoms with E-state index in [9.17, 15) is 19.5 Å². The molecule has 206 valence electrons. The second-order valence-corrected chi connectivity index (χ2v) is 11.5. The first kappa shape index (κ1) is 27.8. The van der Waals surface area contributed by atoms with Crippen molar-refractivity contribution in [3.8, 4) is 0 Å². The minimum absolute atomic E-state index is 0.0231. The molecular formula is C29H44N2O6. The van der Waals surface area contributed by atoms with Gasteiger partial charge in [-0.15, -0.1) is 6.58 Å². The molecule has 4 aliphatic rings. The third-order valence-corrected chi connectivity index (χ3v) is 9.33. The number of amides is 2. The summed E-state index contributed by atoms with van der Waals surface area (Å²) in [5.41, 5.74) is -1.94. The van der Waals surface area contributed by atoms with Crippen LogP contribution in [0.3, 0.4) is 0 Å². The SMILES string of the molecule is C=CCOC(=O)[C@@H]1[C@H]2C(=O)N(CCCCCO)C(C(=O)N(CC=C)C3CCCCC3)C23CC(C)[C@@]1(C)O3. The van der Waals surface area contributed by atoms with Gasteiger partial charge in [0.1, 0.15) is 24.2 Å². The molecule has 3 aliphatic heterocycles. The van der Waals surface area contributed by atoms with Gasteiger partial charge in [0.2, 0.25) is 11.8 Å². The minimum atomic E-state index is -1.06. The van der Waals surface area contributed by atoms with Gasteiger partial charge in [0, 0.05) is 25.7 Å². The van der Waals surface area contributed by atoms with Crippen molar-refractivity contribution < 1.29 is 29.0 Å². The molecule has 0 aromatic heterocycles. The number of likely N-dealkylation sites (tertiary alicyclic amines) is 1. The van der Waals surface area contributed by atoms with E-state index >= 15 is 0 Å². The molecule has 8 heteroatoms. The van der Waals surface area contributed by atoms with E-state index in [-0.39, 0.29) is 37.0 Å². The van der Waals surface area contributed by atoms with Crippen LogP contribution in [0, 0.1) is 17.8 Å². The van der Waals surface area contributed by atoms with Crippen molar-refractivity contribution in [3.63, 3.8) is 0 Å². The molecule has 3 saturated heterocycles. The Labute approximate surface area is 221 Å². The van der Waals surface area contributed by atoms with Gasteiger partial charge < -0.3 is 24.4 Å². The van der Waals surface area contributed by atoms with E-state index in [2.05, 4.69) is 13.2 Å². The highest BCUT2D eigenvalue weighted by Gasteiger charge is 2.80. The van der Waals surface area contributed by atoms with Gasteiger partial charge in [-0.1, -0.05) is 44.9 Å². The van der Waals surface area contributed by atoms with Gasteiger partial charge in [-0.2, -0.15) is 0 Å². The molecule has 1 saturated carbocycles. The lowest BCUT2D eigenvalue weighted by Gasteiger charge is -2.41. The number of hydrogen-bond acceptors (Lipinski definition) is 6. The molecule has 1 N–H and O–H groups in total. The van der Waals surface area contributed by atoms with Gasteiger partial charge >= 0.3 is 5.97 Å². The molecule has 2 amide bonds. The number of carbonyl (C=O) groups is 3. The lowest BCUT2D eigenvalue weighted by atomic mass is 9.62. The first-order chi connectivity index (χ1) is 17.8. The average Bonchev–Trinajstić information content (AvgIpc) is 3.40. The summed E-state index contributed by atoms with van der Waals surface area (Å²) in [6.45, 7) is 12.5. The Balaban J connectivity index is 1.73. The van der Waals surface area contributed by atoms with Crippen LogP contribution in [0.4, 0.5) is 0 Å². The van der Waals surface area contributed by atoms with Crippen LogP contribution in [-0.4, -0.2) is 82.3 Å². The molecule has 4 rings (SSSR count). The Bertz CT molecular complexity index is 901. The number of carbonyl (C=O) groups excluding carboxylic acids is 3. The van der Waals surface area contributed by atoms with E-state index in [4.69, 9.17) is 9.47 Å². The first-order valence-corrected chi connectivity index (χ1v) is 14.1. The maximum absolute atomic E-state index is 14.5. The van der Waals surface area contributed by atoms with Crippen molar-refractivity contribution in [1.82, 2.24) is 9.80 Å². The maximum Gasteiger partial charge on any atom is 0.313 e. The Kier molecular flexibility index (Phi) is 8.48.